The van der Waals surface area contributed by atoms with Crippen LogP contribution in [-0.2, 0) is 18.6 Å². The summed E-state index contributed by atoms with van der Waals surface area (Å²) in [7, 11) is -1.57. The van der Waals surface area contributed by atoms with Gasteiger partial charge in [-0.05, 0) is 0 Å². The predicted molar refractivity (Wildman–Crippen MR) is 43.7 cm³/mol. The van der Waals surface area contributed by atoms with Crippen LogP contribution in [0.4, 0.5) is 0 Å². The van der Waals surface area contributed by atoms with Crippen LogP contribution in [0.3, 0.4) is 0 Å². The van der Waals surface area contributed by atoms with Gasteiger partial charge < -0.3 is 24.0 Å². The molecule has 3 unspecified atom stereocenters. The topological polar surface area (TPSA) is 85.2 Å². The van der Waals surface area contributed by atoms with Crippen LogP contribution in [0.1, 0.15) is 0 Å². The summed E-state index contributed by atoms with van der Waals surface area (Å²) in [6.07, 6.45) is -1.63. The van der Waals surface area contributed by atoms with Crippen molar-refractivity contribution < 1.29 is 28.6 Å². The minimum atomic E-state index is -3.02. The second-order valence-electron chi connectivity index (χ2n) is 2.68. The van der Waals surface area contributed by atoms with Crippen LogP contribution in [-0.4, -0.2) is 48.6 Å². The molecule has 0 aliphatic carbocycles. The SMILES string of the molecule is CO[C@@H]1COC(CO)C1O[PH](=O)O. The number of methoxy groups -OCH3 is 1. The fourth-order valence-corrected chi connectivity index (χ4v) is 1.81. The van der Waals surface area contributed by atoms with Gasteiger partial charge in [-0.15, -0.1) is 0 Å². The Balaban J connectivity index is 2.56. The normalized spacial score (nSPS) is 36.4. The van der Waals surface area contributed by atoms with E-state index in [0.29, 0.717) is 0 Å². The largest absolute Gasteiger partial charge is 0.394 e. The molecule has 0 aromatic carbocycles. The van der Waals surface area contributed by atoms with Gasteiger partial charge in [-0.1, -0.05) is 0 Å². The van der Waals surface area contributed by atoms with Gasteiger partial charge in [-0.3, -0.25) is 4.57 Å². The standard InChI is InChI=1S/C6H13O6P/c1-10-5-3-11-4(2-7)6(5)12-13(8)9/h4-7,13H,2-3H2,1H3,(H,8,9)/t4?,5-,6?/m1/s1. The van der Waals surface area contributed by atoms with Crippen molar-refractivity contribution in [1.82, 2.24) is 0 Å². The summed E-state index contributed by atoms with van der Waals surface area (Å²) in [6, 6.07) is 0. The van der Waals surface area contributed by atoms with Gasteiger partial charge in [0.05, 0.1) is 13.2 Å². The van der Waals surface area contributed by atoms with Gasteiger partial charge in [-0.2, -0.15) is 0 Å². The summed E-state index contributed by atoms with van der Waals surface area (Å²) in [6.45, 7) is 0.0151. The number of rotatable bonds is 4. The van der Waals surface area contributed by atoms with Gasteiger partial charge in [0.2, 0.25) is 0 Å². The molecule has 0 radical (unpaired) electrons. The predicted octanol–water partition coefficient (Wildman–Crippen LogP) is -0.840. The first-order chi connectivity index (χ1) is 6.19. The molecule has 13 heavy (non-hydrogen) atoms. The van der Waals surface area contributed by atoms with Crippen LogP contribution in [0.5, 0.6) is 0 Å². The maximum Gasteiger partial charge on any atom is 0.317 e. The Hall–Kier alpha value is 0.0300. The molecular weight excluding hydrogens is 199 g/mol. The third-order valence-electron chi connectivity index (χ3n) is 1.93. The fraction of sp³-hybridized carbons (Fsp3) is 1.00. The molecule has 0 aromatic rings. The molecule has 1 rings (SSSR count). The van der Waals surface area contributed by atoms with E-state index in [1.165, 1.54) is 7.11 Å². The third-order valence-corrected chi connectivity index (χ3v) is 2.40. The highest BCUT2D eigenvalue weighted by Crippen LogP contribution is 2.28. The van der Waals surface area contributed by atoms with Crippen molar-refractivity contribution in [2.24, 2.45) is 0 Å². The van der Waals surface area contributed by atoms with Crippen LogP contribution in [0.25, 0.3) is 0 Å². The number of aliphatic hydroxyl groups is 1. The molecule has 1 saturated heterocycles. The van der Waals surface area contributed by atoms with Crippen molar-refractivity contribution in [3.05, 3.63) is 0 Å². The number of ether oxygens (including phenoxy) is 2. The van der Waals surface area contributed by atoms with Gasteiger partial charge >= 0.3 is 8.25 Å². The van der Waals surface area contributed by atoms with Crippen molar-refractivity contribution in [2.75, 3.05) is 20.3 Å². The molecule has 1 heterocycles. The molecule has 4 atom stereocenters. The summed E-state index contributed by atoms with van der Waals surface area (Å²) >= 11 is 0. The second kappa shape index (κ2) is 5.05. The lowest BCUT2D eigenvalue weighted by atomic mass is 10.1. The van der Waals surface area contributed by atoms with Gasteiger partial charge in [0.25, 0.3) is 0 Å². The first-order valence-corrected chi connectivity index (χ1v) is 5.10. The van der Waals surface area contributed by atoms with Crippen molar-refractivity contribution in [3.8, 4) is 0 Å². The zero-order valence-electron chi connectivity index (χ0n) is 7.17. The van der Waals surface area contributed by atoms with E-state index in [9.17, 15) is 4.57 Å². The molecule has 1 fully saturated rings. The molecule has 78 valence electrons. The van der Waals surface area contributed by atoms with E-state index in [-0.39, 0.29) is 13.2 Å². The van der Waals surface area contributed by atoms with Crippen molar-refractivity contribution in [3.63, 3.8) is 0 Å². The van der Waals surface area contributed by atoms with Crippen LogP contribution < -0.4 is 0 Å². The molecule has 0 spiro atoms. The molecule has 0 bridgehead atoms. The van der Waals surface area contributed by atoms with Gasteiger partial charge in [0, 0.05) is 7.11 Å². The summed E-state index contributed by atoms with van der Waals surface area (Å²) in [4.78, 5) is 8.57. The quantitative estimate of drug-likeness (QED) is 0.591. The Bertz CT molecular complexity index is 174. The molecule has 7 heteroatoms. The average Bonchev–Trinajstić information content (AvgIpc) is 2.46. The molecule has 1 aliphatic rings. The van der Waals surface area contributed by atoms with E-state index in [1.807, 2.05) is 0 Å². The van der Waals surface area contributed by atoms with E-state index in [1.54, 1.807) is 0 Å². The highest BCUT2D eigenvalue weighted by molar-refractivity contribution is 7.32. The first kappa shape index (κ1) is 11.1. The molecular formula is C6H13O6P. The highest BCUT2D eigenvalue weighted by Gasteiger charge is 2.39. The highest BCUT2D eigenvalue weighted by atomic mass is 31.1. The summed E-state index contributed by atoms with van der Waals surface area (Å²) < 4.78 is 25.2. The Morgan fingerprint density at radius 1 is 1.69 bits per heavy atom. The summed E-state index contributed by atoms with van der Waals surface area (Å²) in [5.41, 5.74) is 0. The Morgan fingerprint density at radius 3 is 2.85 bits per heavy atom. The number of aliphatic hydroxyl groups excluding tert-OH is 1. The number of hydrogen-bond acceptors (Lipinski definition) is 5. The van der Waals surface area contributed by atoms with Gasteiger partial charge in [0.15, 0.2) is 0 Å². The van der Waals surface area contributed by atoms with Gasteiger partial charge in [-0.25, -0.2) is 0 Å². The van der Waals surface area contributed by atoms with E-state index in [2.05, 4.69) is 0 Å². The van der Waals surface area contributed by atoms with Crippen LogP contribution in [0, 0.1) is 0 Å². The van der Waals surface area contributed by atoms with Crippen molar-refractivity contribution in [2.45, 2.75) is 18.3 Å². The lowest BCUT2D eigenvalue weighted by Gasteiger charge is -2.18. The lowest BCUT2D eigenvalue weighted by molar-refractivity contribution is -0.00107. The van der Waals surface area contributed by atoms with Crippen LogP contribution >= 0.6 is 8.25 Å². The van der Waals surface area contributed by atoms with Crippen molar-refractivity contribution >= 4 is 8.25 Å². The lowest BCUT2D eigenvalue weighted by Crippen LogP contribution is -2.34. The number of hydrogen-bond donors (Lipinski definition) is 2. The maximum absolute atomic E-state index is 10.4. The van der Waals surface area contributed by atoms with E-state index in [0.717, 1.165) is 0 Å². The minimum absolute atomic E-state index is 0.250. The molecule has 0 aromatic heterocycles. The third kappa shape index (κ3) is 2.74. The minimum Gasteiger partial charge on any atom is -0.394 e. The summed E-state index contributed by atoms with van der Waals surface area (Å²) in [5, 5.41) is 8.83. The maximum atomic E-state index is 10.4. The Labute approximate surface area is 76.4 Å². The van der Waals surface area contributed by atoms with Crippen LogP contribution in [0.15, 0.2) is 0 Å². The first-order valence-electron chi connectivity index (χ1n) is 3.84. The molecule has 0 saturated carbocycles. The molecule has 6 nitrogen and oxygen atoms in total. The molecule has 1 aliphatic heterocycles. The Kier molecular flexibility index (Phi) is 4.31. The monoisotopic (exact) mass is 212 g/mol. The zero-order valence-corrected chi connectivity index (χ0v) is 8.17. The van der Waals surface area contributed by atoms with Gasteiger partial charge in [0.1, 0.15) is 18.3 Å². The van der Waals surface area contributed by atoms with Crippen molar-refractivity contribution in [1.29, 1.82) is 0 Å². The summed E-state index contributed by atoms with van der Waals surface area (Å²) in [5.74, 6) is 0. The van der Waals surface area contributed by atoms with E-state index >= 15 is 0 Å². The second-order valence-corrected chi connectivity index (χ2v) is 3.44. The smallest absolute Gasteiger partial charge is 0.317 e. The average molecular weight is 212 g/mol. The van der Waals surface area contributed by atoms with E-state index in [4.69, 9.17) is 24.0 Å². The Morgan fingerprint density at radius 2 is 2.38 bits per heavy atom. The fourth-order valence-electron chi connectivity index (χ4n) is 1.27. The zero-order chi connectivity index (χ0) is 9.84. The molecule has 2 N–H and O–H groups in total. The molecule has 0 amide bonds. The van der Waals surface area contributed by atoms with E-state index < -0.39 is 26.6 Å². The van der Waals surface area contributed by atoms with Crippen LogP contribution in [0.2, 0.25) is 0 Å².